The van der Waals surface area contributed by atoms with Crippen molar-refractivity contribution in [2.24, 2.45) is 5.92 Å². The number of amides is 1. The predicted octanol–water partition coefficient (Wildman–Crippen LogP) is 1.28. The first-order valence-corrected chi connectivity index (χ1v) is 11.7. The van der Waals surface area contributed by atoms with Gasteiger partial charge < -0.3 is 5.32 Å². The van der Waals surface area contributed by atoms with Crippen LogP contribution < -0.4 is 5.32 Å². The lowest BCUT2D eigenvalue weighted by atomic mass is 9.97. The zero-order valence-electron chi connectivity index (χ0n) is 15.8. The normalized spacial score (nSPS) is 16.6. The number of carbonyl (C=O) groups is 1. The lowest BCUT2D eigenvalue weighted by molar-refractivity contribution is -0.126. The number of carbonyl (C=O) groups excluding carboxylic acids is 1. The maximum Gasteiger partial charge on any atom is 0.223 e. The van der Waals surface area contributed by atoms with Gasteiger partial charge in [-0.2, -0.15) is 5.10 Å². The van der Waals surface area contributed by atoms with Crippen LogP contribution in [0.4, 0.5) is 0 Å². The molecule has 0 spiro atoms. The number of aromatic nitrogens is 3. The first-order chi connectivity index (χ1) is 12.7. The van der Waals surface area contributed by atoms with Gasteiger partial charge in [0.05, 0.1) is 17.6 Å². The molecule has 1 aliphatic heterocycles. The van der Waals surface area contributed by atoms with Crippen molar-refractivity contribution in [1.29, 1.82) is 0 Å². The number of sulfonamides is 1. The molecular formula is C17H25N5O3S2. The van der Waals surface area contributed by atoms with Crippen molar-refractivity contribution in [3.05, 3.63) is 28.5 Å². The van der Waals surface area contributed by atoms with Crippen LogP contribution in [0.3, 0.4) is 0 Å². The van der Waals surface area contributed by atoms with Crippen LogP contribution >= 0.6 is 11.3 Å². The van der Waals surface area contributed by atoms with Gasteiger partial charge in [-0.05, 0) is 32.8 Å². The van der Waals surface area contributed by atoms with E-state index < -0.39 is 10.0 Å². The third kappa shape index (κ3) is 4.94. The third-order valence-electron chi connectivity index (χ3n) is 4.70. The second kappa shape index (κ2) is 8.07. The van der Waals surface area contributed by atoms with E-state index in [4.69, 9.17) is 0 Å². The van der Waals surface area contributed by atoms with E-state index in [-0.39, 0.29) is 11.8 Å². The fourth-order valence-corrected chi connectivity index (χ4v) is 4.98. The smallest absolute Gasteiger partial charge is 0.223 e. The van der Waals surface area contributed by atoms with Gasteiger partial charge in [-0.25, -0.2) is 22.4 Å². The fourth-order valence-electron chi connectivity index (χ4n) is 3.24. The number of piperidine rings is 1. The molecule has 8 nitrogen and oxygen atoms in total. The molecule has 0 aromatic carbocycles. The largest absolute Gasteiger partial charge is 0.355 e. The molecule has 0 saturated carbocycles. The SMILES string of the molecule is Cc1cc(C)n(-c2nc(CCNC(=O)C3CCN(S(C)(=O)=O)CC3)cs2)n1. The van der Waals surface area contributed by atoms with Crippen LogP contribution in [-0.4, -0.2) is 59.3 Å². The first kappa shape index (κ1) is 20.0. The lowest BCUT2D eigenvalue weighted by Gasteiger charge is -2.29. The van der Waals surface area contributed by atoms with Crippen molar-refractivity contribution in [1.82, 2.24) is 24.4 Å². The van der Waals surface area contributed by atoms with Crippen LogP contribution in [0, 0.1) is 19.8 Å². The topological polar surface area (TPSA) is 97.2 Å². The molecule has 1 saturated heterocycles. The number of hydrogen-bond donors (Lipinski definition) is 1. The standard InChI is InChI=1S/C17H25N5O3S2/c1-12-10-13(2)22(20-12)17-19-15(11-26-17)4-7-18-16(23)14-5-8-21(9-6-14)27(3,24)25/h10-11,14H,4-9H2,1-3H3,(H,18,23). The van der Waals surface area contributed by atoms with Gasteiger partial charge in [0.1, 0.15) is 0 Å². The molecule has 0 unspecified atom stereocenters. The maximum atomic E-state index is 12.3. The molecule has 1 aliphatic rings. The van der Waals surface area contributed by atoms with Gasteiger partial charge in [-0.3, -0.25) is 4.79 Å². The average Bonchev–Trinajstić information content (AvgIpc) is 3.20. The summed E-state index contributed by atoms with van der Waals surface area (Å²) in [4.78, 5) is 16.9. The summed E-state index contributed by atoms with van der Waals surface area (Å²) in [6, 6.07) is 2.01. The van der Waals surface area contributed by atoms with E-state index in [0.717, 1.165) is 22.2 Å². The van der Waals surface area contributed by atoms with Crippen molar-refractivity contribution in [2.45, 2.75) is 33.1 Å². The van der Waals surface area contributed by atoms with Crippen molar-refractivity contribution in [3.8, 4) is 5.13 Å². The van der Waals surface area contributed by atoms with Crippen molar-refractivity contribution < 1.29 is 13.2 Å². The number of rotatable bonds is 6. The summed E-state index contributed by atoms with van der Waals surface area (Å²) in [6.45, 7) is 5.29. The minimum absolute atomic E-state index is 0.00264. The minimum Gasteiger partial charge on any atom is -0.355 e. The Labute approximate surface area is 163 Å². The summed E-state index contributed by atoms with van der Waals surface area (Å²) < 4.78 is 26.3. The van der Waals surface area contributed by atoms with Crippen LogP contribution in [0.1, 0.15) is 29.9 Å². The molecule has 0 bridgehead atoms. The maximum absolute atomic E-state index is 12.3. The minimum atomic E-state index is -3.16. The van der Waals surface area contributed by atoms with Crippen LogP contribution in [-0.2, 0) is 21.2 Å². The Balaban J connectivity index is 1.46. The van der Waals surface area contributed by atoms with Crippen LogP contribution in [0.5, 0.6) is 0 Å². The Morgan fingerprint density at radius 1 is 1.33 bits per heavy atom. The fraction of sp³-hybridized carbons (Fsp3) is 0.588. The molecule has 3 rings (SSSR count). The number of thiazole rings is 1. The highest BCUT2D eigenvalue weighted by Crippen LogP contribution is 2.20. The summed E-state index contributed by atoms with van der Waals surface area (Å²) in [6.07, 6.45) is 3.00. The second-order valence-corrected chi connectivity index (χ2v) is 9.76. The molecule has 10 heteroatoms. The molecule has 0 aliphatic carbocycles. The molecule has 1 amide bonds. The van der Waals surface area contributed by atoms with Gasteiger partial charge in [0.25, 0.3) is 0 Å². The van der Waals surface area contributed by atoms with Crippen LogP contribution in [0.25, 0.3) is 5.13 Å². The van der Waals surface area contributed by atoms with Gasteiger partial charge >= 0.3 is 0 Å². The van der Waals surface area contributed by atoms with Gasteiger partial charge in [0.2, 0.25) is 21.1 Å². The van der Waals surface area contributed by atoms with Crippen LogP contribution in [0.15, 0.2) is 11.4 Å². The summed E-state index contributed by atoms with van der Waals surface area (Å²) >= 11 is 1.53. The summed E-state index contributed by atoms with van der Waals surface area (Å²) in [5.74, 6) is -0.124. The van der Waals surface area contributed by atoms with Gasteiger partial charge in [-0.15, -0.1) is 11.3 Å². The molecule has 0 radical (unpaired) electrons. The van der Waals surface area contributed by atoms with E-state index in [1.54, 1.807) is 0 Å². The molecule has 2 aromatic rings. The highest BCUT2D eigenvalue weighted by molar-refractivity contribution is 7.88. The molecule has 2 aromatic heterocycles. The second-order valence-electron chi connectivity index (χ2n) is 6.94. The summed E-state index contributed by atoms with van der Waals surface area (Å²) in [5, 5.41) is 10.2. The summed E-state index contributed by atoms with van der Waals surface area (Å²) in [5.41, 5.74) is 2.93. The molecular weight excluding hydrogens is 386 g/mol. The molecule has 0 atom stereocenters. The average molecular weight is 412 g/mol. The quantitative estimate of drug-likeness (QED) is 0.772. The Morgan fingerprint density at radius 2 is 2.04 bits per heavy atom. The number of nitrogens with zero attached hydrogens (tertiary/aromatic N) is 4. The van der Waals surface area contributed by atoms with E-state index in [0.29, 0.717) is 38.9 Å². The van der Waals surface area contributed by atoms with E-state index in [1.807, 2.05) is 30.0 Å². The molecule has 27 heavy (non-hydrogen) atoms. The summed E-state index contributed by atoms with van der Waals surface area (Å²) in [7, 11) is -3.16. The van der Waals surface area contributed by atoms with Crippen molar-refractivity contribution in [3.63, 3.8) is 0 Å². The lowest BCUT2D eigenvalue weighted by Crippen LogP contribution is -2.42. The predicted molar refractivity (Wildman–Crippen MR) is 105 cm³/mol. The highest BCUT2D eigenvalue weighted by Gasteiger charge is 2.28. The van der Waals surface area contributed by atoms with E-state index in [9.17, 15) is 13.2 Å². The molecule has 1 N–H and O–H groups in total. The Kier molecular flexibility index (Phi) is 5.97. The van der Waals surface area contributed by atoms with Gasteiger partial charge in [0.15, 0.2) is 0 Å². The Morgan fingerprint density at radius 3 is 2.63 bits per heavy atom. The monoisotopic (exact) mass is 411 g/mol. The third-order valence-corrected chi connectivity index (χ3v) is 6.87. The zero-order valence-corrected chi connectivity index (χ0v) is 17.4. The van der Waals surface area contributed by atoms with E-state index in [2.05, 4.69) is 15.4 Å². The number of hydrogen-bond acceptors (Lipinski definition) is 6. The van der Waals surface area contributed by atoms with Crippen molar-refractivity contribution in [2.75, 3.05) is 25.9 Å². The number of aryl methyl sites for hydroxylation is 2. The van der Waals surface area contributed by atoms with Crippen LogP contribution in [0.2, 0.25) is 0 Å². The zero-order chi connectivity index (χ0) is 19.6. The highest BCUT2D eigenvalue weighted by atomic mass is 32.2. The molecule has 3 heterocycles. The Bertz CT molecular complexity index is 911. The Hall–Kier alpha value is -1.78. The first-order valence-electron chi connectivity index (χ1n) is 8.95. The van der Waals surface area contributed by atoms with Crippen molar-refractivity contribution >= 4 is 27.3 Å². The molecule has 148 valence electrons. The van der Waals surface area contributed by atoms with E-state index >= 15 is 0 Å². The molecule has 1 fully saturated rings. The van der Waals surface area contributed by atoms with Gasteiger partial charge in [0, 0.05) is 43.0 Å². The van der Waals surface area contributed by atoms with Gasteiger partial charge in [-0.1, -0.05) is 0 Å². The van der Waals surface area contributed by atoms with E-state index in [1.165, 1.54) is 21.9 Å². The number of nitrogens with one attached hydrogen (secondary N) is 1.